The summed E-state index contributed by atoms with van der Waals surface area (Å²) >= 11 is 0. The number of anilines is 1. The van der Waals surface area contributed by atoms with E-state index in [9.17, 15) is 0 Å². The molecule has 1 aromatic rings. The molecule has 0 radical (unpaired) electrons. The summed E-state index contributed by atoms with van der Waals surface area (Å²) in [7, 11) is 0. The van der Waals surface area contributed by atoms with Crippen molar-refractivity contribution in [1.29, 1.82) is 0 Å². The molecular weight excluding hydrogens is 248 g/mol. The summed E-state index contributed by atoms with van der Waals surface area (Å²) in [6.07, 6.45) is 1.47. The second-order valence-corrected chi connectivity index (χ2v) is 6.62. The van der Waals surface area contributed by atoms with Crippen LogP contribution in [0.3, 0.4) is 0 Å². The van der Waals surface area contributed by atoms with Crippen LogP contribution < -0.4 is 10.2 Å². The molecule has 1 heterocycles. The predicted octanol–water partition coefficient (Wildman–Crippen LogP) is 3.19. The van der Waals surface area contributed by atoms with Gasteiger partial charge in [0.2, 0.25) is 0 Å². The number of ether oxygens (including phenoxy) is 1. The summed E-state index contributed by atoms with van der Waals surface area (Å²) in [4.78, 5) is 2.43. The van der Waals surface area contributed by atoms with Crippen LogP contribution >= 0.6 is 0 Å². The maximum absolute atomic E-state index is 5.73. The third kappa shape index (κ3) is 4.50. The Morgan fingerprint density at radius 1 is 1.25 bits per heavy atom. The molecule has 1 fully saturated rings. The summed E-state index contributed by atoms with van der Waals surface area (Å²) in [5.74, 6) is 0. The Morgan fingerprint density at radius 2 is 1.95 bits per heavy atom. The van der Waals surface area contributed by atoms with E-state index in [4.69, 9.17) is 4.74 Å². The highest BCUT2D eigenvalue weighted by molar-refractivity contribution is 5.48. The smallest absolute Gasteiger partial charge is 0.0748 e. The van der Waals surface area contributed by atoms with E-state index in [2.05, 4.69) is 62.2 Å². The van der Waals surface area contributed by atoms with Crippen molar-refractivity contribution in [2.45, 2.75) is 52.3 Å². The van der Waals surface area contributed by atoms with Gasteiger partial charge in [-0.25, -0.2) is 0 Å². The Bertz CT molecular complexity index is 408. The first kappa shape index (κ1) is 15.3. The second kappa shape index (κ2) is 6.59. The number of nitrogens with zero attached hydrogens (tertiary/aromatic N) is 1. The van der Waals surface area contributed by atoms with E-state index >= 15 is 0 Å². The van der Waals surface area contributed by atoms with Crippen LogP contribution in [0.25, 0.3) is 0 Å². The Kier molecular flexibility index (Phi) is 5.06. The third-order valence-corrected chi connectivity index (χ3v) is 3.72. The average Bonchev–Trinajstić information content (AvgIpc) is 2.45. The van der Waals surface area contributed by atoms with Crippen molar-refractivity contribution in [3.05, 3.63) is 29.8 Å². The van der Waals surface area contributed by atoms with Crippen LogP contribution in [0.15, 0.2) is 24.3 Å². The molecule has 3 heteroatoms. The first-order valence-corrected chi connectivity index (χ1v) is 7.68. The number of rotatable bonds is 4. The Morgan fingerprint density at radius 3 is 2.55 bits per heavy atom. The summed E-state index contributed by atoms with van der Waals surface area (Å²) < 4.78 is 5.73. The third-order valence-electron chi connectivity index (χ3n) is 3.72. The number of nitrogens with one attached hydrogen (secondary N) is 1. The van der Waals surface area contributed by atoms with Gasteiger partial charge in [-0.05, 0) is 44.9 Å². The number of hydrogen-bond donors (Lipinski definition) is 1. The van der Waals surface area contributed by atoms with Gasteiger partial charge in [0.25, 0.3) is 0 Å². The number of benzene rings is 1. The molecule has 0 saturated carbocycles. The van der Waals surface area contributed by atoms with Gasteiger partial charge in [-0.1, -0.05) is 19.1 Å². The highest BCUT2D eigenvalue weighted by Gasteiger charge is 2.19. The van der Waals surface area contributed by atoms with Crippen LogP contribution in [0.5, 0.6) is 0 Å². The van der Waals surface area contributed by atoms with Gasteiger partial charge >= 0.3 is 0 Å². The standard InChI is InChI=1S/C17H28N2O/c1-5-16-13-19(10-11-20-16)15-8-6-14(7-9-15)12-18-17(2,3)4/h6-9,16,18H,5,10-13H2,1-4H3. The monoisotopic (exact) mass is 276 g/mol. The van der Waals surface area contributed by atoms with E-state index in [1.54, 1.807) is 0 Å². The van der Waals surface area contributed by atoms with Crippen LogP contribution in [0, 0.1) is 0 Å². The Labute approximate surface area is 123 Å². The quantitative estimate of drug-likeness (QED) is 0.914. The zero-order valence-electron chi connectivity index (χ0n) is 13.3. The molecule has 1 atom stereocenters. The minimum atomic E-state index is 0.164. The minimum absolute atomic E-state index is 0.164. The van der Waals surface area contributed by atoms with Crippen LogP contribution in [0.4, 0.5) is 5.69 Å². The fourth-order valence-electron chi connectivity index (χ4n) is 2.39. The van der Waals surface area contributed by atoms with Gasteiger partial charge in [-0.2, -0.15) is 0 Å². The second-order valence-electron chi connectivity index (χ2n) is 6.62. The van der Waals surface area contributed by atoms with E-state index in [0.717, 1.165) is 32.7 Å². The van der Waals surface area contributed by atoms with Gasteiger partial charge < -0.3 is 15.0 Å². The van der Waals surface area contributed by atoms with Crippen molar-refractivity contribution < 1.29 is 4.74 Å². The van der Waals surface area contributed by atoms with E-state index in [1.807, 2.05) is 0 Å². The molecule has 1 aliphatic heterocycles. The van der Waals surface area contributed by atoms with Gasteiger partial charge in [0.05, 0.1) is 12.7 Å². The van der Waals surface area contributed by atoms with Crippen molar-refractivity contribution in [1.82, 2.24) is 5.32 Å². The first-order chi connectivity index (χ1) is 9.48. The average molecular weight is 276 g/mol. The van der Waals surface area contributed by atoms with Gasteiger partial charge in [0.1, 0.15) is 0 Å². The maximum Gasteiger partial charge on any atom is 0.0748 e. The summed E-state index contributed by atoms with van der Waals surface area (Å²) in [5.41, 5.74) is 2.81. The van der Waals surface area contributed by atoms with Crippen LogP contribution in [0.2, 0.25) is 0 Å². The highest BCUT2D eigenvalue weighted by Crippen LogP contribution is 2.19. The maximum atomic E-state index is 5.73. The molecule has 3 nitrogen and oxygen atoms in total. The molecule has 0 amide bonds. The fraction of sp³-hybridized carbons (Fsp3) is 0.647. The largest absolute Gasteiger partial charge is 0.375 e. The zero-order valence-corrected chi connectivity index (χ0v) is 13.3. The summed E-state index contributed by atoms with van der Waals surface area (Å²) in [5, 5.41) is 3.52. The summed E-state index contributed by atoms with van der Waals surface area (Å²) in [6, 6.07) is 8.92. The lowest BCUT2D eigenvalue weighted by Gasteiger charge is -2.34. The SMILES string of the molecule is CCC1CN(c2ccc(CNC(C)(C)C)cc2)CCO1. The van der Waals surface area contributed by atoms with Gasteiger partial charge in [0.15, 0.2) is 0 Å². The number of hydrogen-bond acceptors (Lipinski definition) is 3. The highest BCUT2D eigenvalue weighted by atomic mass is 16.5. The molecule has 1 aromatic carbocycles. The van der Waals surface area contributed by atoms with Crippen LogP contribution in [-0.4, -0.2) is 31.3 Å². The van der Waals surface area contributed by atoms with Gasteiger partial charge in [-0.3, -0.25) is 0 Å². The van der Waals surface area contributed by atoms with Crippen molar-refractivity contribution in [2.75, 3.05) is 24.6 Å². The molecule has 0 spiro atoms. The van der Waals surface area contributed by atoms with Crippen molar-refractivity contribution in [2.24, 2.45) is 0 Å². The zero-order chi connectivity index (χ0) is 14.6. The Hall–Kier alpha value is -1.06. The van der Waals surface area contributed by atoms with Crippen LogP contribution in [-0.2, 0) is 11.3 Å². The van der Waals surface area contributed by atoms with Gasteiger partial charge in [0, 0.05) is 30.9 Å². The van der Waals surface area contributed by atoms with E-state index in [1.165, 1.54) is 11.3 Å². The van der Waals surface area contributed by atoms with Crippen molar-refractivity contribution >= 4 is 5.69 Å². The molecule has 0 aliphatic carbocycles. The topological polar surface area (TPSA) is 24.5 Å². The fourth-order valence-corrected chi connectivity index (χ4v) is 2.39. The predicted molar refractivity (Wildman–Crippen MR) is 85.3 cm³/mol. The van der Waals surface area contributed by atoms with Crippen molar-refractivity contribution in [3.63, 3.8) is 0 Å². The normalized spacial score (nSPS) is 20.2. The minimum Gasteiger partial charge on any atom is -0.375 e. The number of morpholine rings is 1. The van der Waals surface area contributed by atoms with Gasteiger partial charge in [-0.15, -0.1) is 0 Å². The molecule has 0 aromatic heterocycles. The van der Waals surface area contributed by atoms with E-state index in [0.29, 0.717) is 6.10 Å². The molecular formula is C17H28N2O. The Balaban J connectivity index is 1.94. The van der Waals surface area contributed by atoms with E-state index < -0.39 is 0 Å². The lowest BCUT2D eigenvalue weighted by atomic mass is 10.1. The molecule has 1 unspecified atom stereocenters. The van der Waals surface area contributed by atoms with Crippen LogP contribution in [0.1, 0.15) is 39.7 Å². The molecule has 1 N–H and O–H groups in total. The van der Waals surface area contributed by atoms with E-state index in [-0.39, 0.29) is 5.54 Å². The summed E-state index contributed by atoms with van der Waals surface area (Å²) in [6.45, 7) is 12.5. The molecule has 112 valence electrons. The molecule has 0 bridgehead atoms. The molecule has 2 rings (SSSR count). The van der Waals surface area contributed by atoms with Crippen molar-refractivity contribution in [3.8, 4) is 0 Å². The molecule has 1 aliphatic rings. The lowest BCUT2D eigenvalue weighted by Crippen LogP contribution is -2.42. The lowest BCUT2D eigenvalue weighted by molar-refractivity contribution is 0.0384. The molecule has 1 saturated heterocycles. The molecule has 20 heavy (non-hydrogen) atoms. The first-order valence-electron chi connectivity index (χ1n) is 7.68.